The van der Waals surface area contributed by atoms with Crippen molar-refractivity contribution in [2.75, 3.05) is 6.54 Å². The van der Waals surface area contributed by atoms with Gasteiger partial charge in [0.1, 0.15) is 0 Å². The summed E-state index contributed by atoms with van der Waals surface area (Å²) >= 11 is 0. The zero-order valence-electron chi connectivity index (χ0n) is 8.35. The molecule has 0 fully saturated rings. The normalized spacial score (nSPS) is 17.7. The van der Waals surface area contributed by atoms with Gasteiger partial charge in [0.15, 0.2) is 0 Å². The highest BCUT2D eigenvalue weighted by Gasteiger charge is 2.17. The van der Waals surface area contributed by atoms with E-state index in [2.05, 4.69) is 41.4 Å². The van der Waals surface area contributed by atoms with Crippen molar-refractivity contribution < 1.29 is 0 Å². The van der Waals surface area contributed by atoms with Crippen molar-refractivity contribution in [1.82, 2.24) is 4.90 Å². The molecule has 0 radical (unpaired) electrons. The van der Waals surface area contributed by atoms with Crippen LogP contribution in [0.4, 0.5) is 0 Å². The average molecular weight is 196 g/mol. The number of benzene rings is 1. The molecule has 0 saturated carbocycles. The fourth-order valence-electron chi connectivity index (χ4n) is 2.02. The van der Waals surface area contributed by atoms with E-state index in [1.807, 2.05) is 12.2 Å². The third kappa shape index (κ3) is 1.26. The maximum Gasteiger partial charge on any atom is 0.0509 e. The topological polar surface area (TPSA) is 29.3 Å². The highest BCUT2D eigenvalue weighted by Crippen LogP contribution is 2.31. The van der Waals surface area contributed by atoms with Gasteiger partial charge in [-0.05, 0) is 23.8 Å². The van der Waals surface area contributed by atoms with Crippen molar-refractivity contribution >= 4 is 11.8 Å². The standard InChI is InChI=1S/C13H12N2/c14-11-6-8-15-7-5-10-3-1-2-4-12(10)13(15)9-11/h1-7,9H,8,14H2. The minimum atomic E-state index is 0.853. The Morgan fingerprint density at radius 2 is 2.07 bits per heavy atom. The smallest absolute Gasteiger partial charge is 0.0509 e. The summed E-state index contributed by atoms with van der Waals surface area (Å²) in [6, 6.07) is 8.38. The second-order valence-electron chi connectivity index (χ2n) is 3.79. The molecule has 1 aromatic carbocycles. The quantitative estimate of drug-likeness (QED) is 0.689. The van der Waals surface area contributed by atoms with Crippen molar-refractivity contribution in [2.24, 2.45) is 5.73 Å². The fourth-order valence-corrected chi connectivity index (χ4v) is 2.02. The zero-order chi connectivity index (χ0) is 10.3. The first-order chi connectivity index (χ1) is 7.34. The number of fused-ring (bicyclic) bond motifs is 3. The first-order valence-corrected chi connectivity index (χ1v) is 5.06. The van der Waals surface area contributed by atoms with E-state index in [1.54, 1.807) is 0 Å². The van der Waals surface area contributed by atoms with Gasteiger partial charge in [0, 0.05) is 24.0 Å². The van der Waals surface area contributed by atoms with E-state index in [0.29, 0.717) is 0 Å². The molecule has 0 atom stereocenters. The second-order valence-corrected chi connectivity index (χ2v) is 3.79. The predicted octanol–water partition coefficient (Wildman–Crippen LogP) is 2.17. The van der Waals surface area contributed by atoms with Gasteiger partial charge in [-0.2, -0.15) is 0 Å². The van der Waals surface area contributed by atoms with Crippen molar-refractivity contribution in [1.29, 1.82) is 0 Å². The third-order valence-electron chi connectivity index (χ3n) is 2.81. The molecule has 0 saturated heterocycles. The Kier molecular flexibility index (Phi) is 1.68. The molecule has 2 N–H and O–H groups in total. The number of nitrogens with zero attached hydrogens (tertiary/aromatic N) is 1. The number of allylic oxidation sites excluding steroid dienone is 1. The third-order valence-corrected chi connectivity index (χ3v) is 2.81. The molecule has 0 bridgehead atoms. The summed E-state index contributed by atoms with van der Waals surface area (Å²) in [7, 11) is 0. The molecule has 2 nitrogen and oxygen atoms in total. The summed E-state index contributed by atoms with van der Waals surface area (Å²) in [4.78, 5) is 2.21. The lowest BCUT2D eigenvalue weighted by Crippen LogP contribution is -2.23. The monoisotopic (exact) mass is 196 g/mol. The maximum atomic E-state index is 5.83. The van der Waals surface area contributed by atoms with Gasteiger partial charge in [-0.25, -0.2) is 0 Å². The Morgan fingerprint density at radius 3 is 3.00 bits per heavy atom. The predicted molar refractivity (Wildman–Crippen MR) is 62.4 cm³/mol. The van der Waals surface area contributed by atoms with Crippen LogP contribution >= 0.6 is 0 Å². The second kappa shape index (κ2) is 3.02. The highest BCUT2D eigenvalue weighted by molar-refractivity contribution is 5.79. The maximum absolute atomic E-state index is 5.83. The fraction of sp³-hybridized carbons (Fsp3) is 0.0769. The molecule has 0 aliphatic carbocycles. The van der Waals surface area contributed by atoms with Crippen LogP contribution in [0, 0.1) is 0 Å². The first-order valence-electron chi connectivity index (χ1n) is 5.06. The Morgan fingerprint density at radius 1 is 1.20 bits per heavy atom. The molecule has 1 aromatic rings. The van der Waals surface area contributed by atoms with E-state index < -0.39 is 0 Å². The lowest BCUT2D eigenvalue weighted by molar-refractivity contribution is 0.583. The molecule has 74 valence electrons. The molecule has 0 aromatic heterocycles. The number of nitrogens with two attached hydrogens (primary N) is 1. The van der Waals surface area contributed by atoms with Gasteiger partial charge in [0.05, 0.1) is 5.70 Å². The van der Waals surface area contributed by atoms with Gasteiger partial charge in [-0.15, -0.1) is 0 Å². The summed E-state index contributed by atoms with van der Waals surface area (Å²) in [5, 5.41) is 0. The molecule has 15 heavy (non-hydrogen) atoms. The Labute approximate surface area is 89.0 Å². The van der Waals surface area contributed by atoms with Crippen molar-refractivity contribution in [3.05, 3.63) is 59.4 Å². The number of hydrogen-bond acceptors (Lipinski definition) is 2. The van der Waals surface area contributed by atoms with Gasteiger partial charge in [-0.3, -0.25) is 0 Å². The van der Waals surface area contributed by atoms with Gasteiger partial charge >= 0.3 is 0 Å². The van der Waals surface area contributed by atoms with Gasteiger partial charge < -0.3 is 10.6 Å². The SMILES string of the molecule is NC1=CCN2C=Cc3ccccc3C2=C1. The summed E-state index contributed by atoms with van der Waals surface area (Å²) in [5.74, 6) is 0. The summed E-state index contributed by atoms with van der Waals surface area (Å²) in [6.45, 7) is 0.864. The van der Waals surface area contributed by atoms with Crippen LogP contribution in [-0.2, 0) is 0 Å². The minimum absolute atomic E-state index is 0.853. The molecule has 2 heterocycles. The molecule has 0 amide bonds. The molecule has 2 heteroatoms. The van der Waals surface area contributed by atoms with E-state index >= 15 is 0 Å². The number of hydrogen-bond donors (Lipinski definition) is 1. The van der Waals surface area contributed by atoms with Crippen LogP contribution in [0.2, 0.25) is 0 Å². The van der Waals surface area contributed by atoms with E-state index in [9.17, 15) is 0 Å². The van der Waals surface area contributed by atoms with Crippen LogP contribution < -0.4 is 5.73 Å². The van der Waals surface area contributed by atoms with Gasteiger partial charge in [0.2, 0.25) is 0 Å². The minimum Gasteiger partial charge on any atom is -0.399 e. The lowest BCUT2D eigenvalue weighted by Gasteiger charge is -2.30. The van der Waals surface area contributed by atoms with E-state index in [0.717, 1.165) is 12.2 Å². The molecule has 0 spiro atoms. The molecule has 0 unspecified atom stereocenters. The van der Waals surface area contributed by atoms with Crippen LogP contribution in [0.1, 0.15) is 11.1 Å². The van der Waals surface area contributed by atoms with E-state index in [-0.39, 0.29) is 0 Å². The summed E-state index contributed by atoms with van der Waals surface area (Å²) in [6.07, 6.45) is 8.31. The van der Waals surface area contributed by atoms with Crippen LogP contribution in [-0.4, -0.2) is 11.4 Å². The average Bonchev–Trinajstić information content (AvgIpc) is 2.29. The molecular formula is C13H12N2. The van der Waals surface area contributed by atoms with Crippen LogP contribution in [0.5, 0.6) is 0 Å². The van der Waals surface area contributed by atoms with E-state index in [1.165, 1.54) is 16.8 Å². The van der Waals surface area contributed by atoms with Crippen LogP contribution in [0.3, 0.4) is 0 Å². The molecule has 2 aliphatic rings. The molecule has 3 rings (SSSR count). The summed E-state index contributed by atoms with van der Waals surface area (Å²) < 4.78 is 0. The van der Waals surface area contributed by atoms with Crippen molar-refractivity contribution in [2.45, 2.75) is 0 Å². The Bertz CT molecular complexity index is 495. The number of rotatable bonds is 0. The Hall–Kier alpha value is -1.96. The zero-order valence-corrected chi connectivity index (χ0v) is 8.35. The lowest BCUT2D eigenvalue weighted by atomic mass is 9.98. The van der Waals surface area contributed by atoms with Gasteiger partial charge in [-0.1, -0.05) is 24.3 Å². The van der Waals surface area contributed by atoms with Crippen molar-refractivity contribution in [3.8, 4) is 0 Å². The Balaban J connectivity index is 2.20. The van der Waals surface area contributed by atoms with Gasteiger partial charge in [0.25, 0.3) is 0 Å². The van der Waals surface area contributed by atoms with Crippen LogP contribution in [0.15, 0.2) is 48.3 Å². The molecular weight excluding hydrogens is 184 g/mol. The van der Waals surface area contributed by atoms with Crippen LogP contribution in [0.25, 0.3) is 11.8 Å². The largest absolute Gasteiger partial charge is 0.399 e. The highest BCUT2D eigenvalue weighted by atomic mass is 15.1. The molecule has 2 aliphatic heterocycles. The van der Waals surface area contributed by atoms with Crippen molar-refractivity contribution in [3.63, 3.8) is 0 Å². The van der Waals surface area contributed by atoms with E-state index in [4.69, 9.17) is 5.73 Å². The first kappa shape index (κ1) is 8.36. The summed E-state index contributed by atoms with van der Waals surface area (Å²) in [5.41, 5.74) is 10.4.